The van der Waals surface area contributed by atoms with Gasteiger partial charge in [0.25, 0.3) is 0 Å². The van der Waals surface area contributed by atoms with E-state index in [1.54, 1.807) is 16.8 Å². The summed E-state index contributed by atoms with van der Waals surface area (Å²) in [7, 11) is 1.87. The first-order valence-corrected chi connectivity index (χ1v) is 8.26. The van der Waals surface area contributed by atoms with Crippen LogP contribution < -0.4 is 10.1 Å². The van der Waals surface area contributed by atoms with E-state index in [0.29, 0.717) is 25.8 Å². The molecule has 142 valence electrons. The molecule has 0 aliphatic rings. The molecule has 1 aromatic heterocycles. The summed E-state index contributed by atoms with van der Waals surface area (Å²) in [6, 6.07) is 5.63. The van der Waals surface area contributed by atoms with E-state index in [9.17, 15) is 18.0 Å². The highest BCUT2D eigenvalue weighted by Crippen LogP contribution is 2.22. The number of ether oxygens (including phenoxy) is 1. The third kappa shape index (κ3) is 5.79. The minimum Gasteiger partial charge on any atom is -0.406 e. The Morgan fingerprint density at radius 1 is 1.19 bits per heavy atom. The molecule has 1 amide bonds. The maximum Gasteiger partial charge on any atom is 0.573 e. The minimum atomic E-state index is -4.69. The number of benzene rings is 1. The number of hydrogen-bond donors (Lipinski definition) is 1. The van der Waals surface area contributed by atoms with Crippen molar-refractivity contribution in [2.24, 2.45) is 7.05 Å². The van der Waals surface area contributed by atoms with E-state index < -0.39 is 6.36 Å². The average Bonchev–Trinajstić information content (AvgIpc) is 2.78. The van der Waals surface area contributed by atoms with Gasteiger partial charge in [0.15, 0.2) is 0 Å². The van der Waals surface area contributed by atoms with Crippen molar-refractivity contribution in [1.82, 2.24) is 15.1 Å². The molecule has 0 radical (unpaired) electrons. The molecule has 2 aromatic rings. The summed E-state index contributed by atoms with van der Waals surface area (Å²) in [6.45, 7) is 4.31. The molecule has 0 aliphatic carbocycles. The van der Waals surface area contributed by atoms with Crippen LogP contribution in [0.15, 0.2) is 24.3 Å². The van der Waals surface area contributed by atoms with E-state index in [0.717, 1.165) is 22.5 Å². The summed E-state index contributed by atoms with van der Waals surface area (Å²) in [5.41, 5.74) is 3.89. The number of aryl methyl sites for hydroxylation is 2. The lowest BCUT2D eigenvalue weighted by molar-refractivity contribution is -0.274. The molecule has 0 saturated carbocycles. The molecule has 2 rings (SSSR count). The number of carbonyl (C=O) groups excluding carboxylic acids is 1. The Labute approximate surface area is 150 Å². The summed E-state index contributed by atoms with van der Waals surface area (Å²) in [6.07, 6.45) is -3.17. The van der Waals surface area contributed by atoms with Gasteiger partial charge >= 0.3 is 6.36 Å². The Kier molecular flexibility index (Phi) is 6.28. The van der Waals surface area contributed by atoms with Crippen molar-refractivity contribution >= 4 is 5.91 Å². The van der Waals surface area contributed by atoms with Crippen LogP contribution in [0.1, 0.15) is 28.9 Å². The second-order valence-corrected chi connectivity index (χ2v) is 6.06. The molecule has 0 saturated heterocycles. The molecule has 1 aromatic carbocycles. The minimum absolute atomic E-state index is 0.0651. The first-order valence-electron chi connectivity index (χ1n) is 8.26. The van der Waals surface area contributed by atoms with Crippen molar-refractivity contribution < 1.29 is 22.7 Å². The zero-order chi connectivity index (χ0) is 19.3. The van der Waals surface area contributed by atoms with Crippen LogP contribution in [0.2, 0.25) is 0 Å². The molecule has 1 heterocycles. The van der Waals surface area contributed by atoms with Crippen LogP contribution in [0.25, 0.3) is 0 Å². The SMILES string of the molecule is Cc1nn(C)c(C)c1CCC(=O)NCCc1ccc(OC(F)(F)F)cc1. The summed E-state index contributed by atoms with van der Waals surface area (Å²) in [4.78, 5) is 12.0. The summed E-state index contributed by atoms with van der Waals surface area (Å²) < 4.78 is 41.9. The maximum absolute atomic E-state index is 12.1. The fraction of sp³-hybridized carbons (Fsp3) is 0.444. The number of alkyl halides is 3. The van der Waals surface area contributed by atoms with Gasteiger partial charge in [-0.2, -0.15) is 5.10 Å². The van der Waals surface area contributed by atoms with Crippen LogP contribution in [0.3, 0.4) is 0 Å². The highest BCUT2D eigenvalue weighted by atomic mass is 19.4. The molecule has 0 atom stereocenters. The van der Waals surface area contributed by atoms with E-state index in [-0.39, 0.29) is 11.7 Å². The molecule has 26 heavy (non-hydrogen) atoms. The lowest BCUT2D eigenvalue weighted by atomic mass is 10.1. The molecule has 0 aliphatic heterocycles. The number of nitrogens with zero attached hydrogens (tertiary/aromatic N) is 2. The Morgan fingerprint density at radius 2 is 1.85 bits per heavy atom. The quantitative estimate of drug-likeness (QED) is 0.815. The van der Waals surface area contributed by atoms with Gasteiger partial charge in [-0.05, 0) is 49.9 Å². The second-order valence-electron chi connectivity index (χ2n) is 6.06. The van der Waals surface area contributed by atoms with Crippen LogP contribution in [-0.2, 0) is 24.7 Å². The first-order chi connectivity index (χ1) is 12.2. The summed E-state index contributed by atoms with van der Waals surface area (Å²) >= 11 is 0. The predicted molar refractivity (Wildman–Crippen MR) is 90.8 cm³/mol. The van der Waals surface area contributed by atoms with E-state index in [1.807, 2.05) is 20.9 Å². The van der Waals surface area contributed by atoms with Crippen molar-refractivity contribution in [3.63, 3.8) is 0 Å². The normalized spacial score (nSPS) is 11.5. The topological polar surface area (TPSA) is 56.2 Å². The van der Waals surface area contributed by atoms with Gasteiger partial charge in [-0.25, -0.2) is 0 Å². The van der Waals surface area contributed by atoms with Crippen LogP contribution in [0.4, 0.5) is 13.2 Å². The van der Waals surface area contributed by atoms with Crippen molar-refractivity contribution in [2.75, 3.05) is 6.54 Å². The molecular weight excluding hydrogens is 347 g/mol. The summed E-state index contributed by atoms with van der Waals surface area (Å²) in [5.74, 6) is -0.322. The van der Waals surface area contributed by atoms with Gasteiger partial charge in [0.1, 0.15) is 5.75 Å². The zero-order valence-electron chi connectivity index (χ0n) is 15.0. The molecule has 0 bridgehead atoms. The van der Waals surface area contributed by atoms with Crippen LogP contribution >= 0.6 is 0 Å². The van der Waals surface area contributed by atoms with Crippen LogP contribution in [0, 0.1) is 13.8 Å². The van der Waals surface area contributed by atoms with Crippen molar-refractivity contribution in [3.05, 3.63) is 46.8 Å². The van der Waals surface area contributed by atoms with Gasteiger partial charge in [-0.15, -0.1) is 13.2 Å². The number of aromatic nitrogens is 2. The Hall–Kier alpha value is -2.51. The number of hydrogen-bond acceptors (Lipinski definition) is 3. The number of nitrogens with one attached hydrogen (secondary N) is 1. The number of amides is 1. The van der Waals surface area contributed by atoms with Gasteiger partial charge in [0.05, 0.1) is 5.69 Å². The van der Waals surface area contributed by atoms with Gasteiger partial charge in [-0.3, -0.25) is 9.48 Å². The Bertz CT molecular complexity index is 752. The number of rotatable bonds is 7. The zero-order valence-corrected chi connectivity index (χ0v) is 15.0. The Balaban J connectivity index is 1.74. The number of halogens is 3. The van der Waals surface area contributed by atoms with Crippen molar-refractivity contribution in [1.29, 1.82) is 0 Å². The van der Waals surface area contributed by atoms with Gasteiger partial charge in [0.2, 0.25) is 5.91 Å². The fourth-order valence-corrected chi connectivity index (χ4v) is 2.71. The standard InChI is InChI=1S/C18H22F3N3O2/c1-12-16(13(2)24(3)23-12)8-9-17(25)22-11-10-14-4-6-15(7-5-14)26-18(19,20)21/h4-7H,8-11H2,1-3H3,(H,22,25). The largest absolute Gasteiger partial charge is 0.573 e. The average molecular weight is 369 g/mol. The molecule has 8 heteroatoms. The monoisotopic (exact) mass is 369 g/mol. The lowest BCUT2D eigenvalue weighted by Crippen LogP contribution is -2.26. The number of carbonyl (C=O) groups is 1. The Morgan fingerprint density at radius 3 is 2.38 bits per heavy atom. The smallest absolute Gasteiger partial charge is 0.406 e. The fourth-order valence-electron chi connectivity index (χ4n) is 2.71. The van der Waals surface area contributed by atoms with Gasteiger partial charge < -0.3 is 10.1 Å². The third-order valence-corrected chi connectivity index (χ3v) is 4.15. The molecule has 5 nitrogen and oxygen atoms in total. The van der Waals surface area contributed by atoms with E-state index >= 15 is 0 Å². The highest BCUT2D eigenvalue weighted by Gasteiger charge is 2.30. The van der Waals surface area contributed by atoms with Crippen molar-refractivity contribution in [2.45, 2.75) is 39.5 Å². The van der Waals surface area contributed by atoms with Crippen LogP contribution in [-0.4, -0.2) is 28.6 Å². The first kappa shape index (κ1) is 19.8. The van der Waals surface area contributed by atoms with Gasteiger partial charge in [-0.1, -0.05) is 12.1 Å². The molecular formula is C18H22F3N3O2. The second kappa shape index (κ2) is 8.25. The third-order valence-electron chi connectivity index (χ3n) is 4.15. The maximum atomic E-state index is 12.1. The molecule has 1 N–H and O–H groups in total. The van der Waals surface area contributed by atoms with Crippen LogP contribution in [0.5, 0.6) is 5.75 Å². The molecule has 0 unspecified atom stereocenters. The predicted octanol–water partition coefficient (Wildman–Crippen LogP) is 3.23. The lowest BCUT2D eigenvalue weighted by Gasteiger charge is -2.09. The summed E-state index contributed by atoms with van der Waals surface area (Å²) in [5, 5.41) is 7.15. The van der Waals surface area contributed by atoms with E-state index in [4.69, 9.17) is 0 Å². The van der Waals surface area contributed by atoms with E-state index in [2.05, 4.69) is 15.2 Å². The highest BCUT2D eigenvalue weighted by molar-refractivity contribution is 5.76. The van der Waals surface area contributed by atoms with E-state index in [1.165, 1.54) is 12.1 Å². The molecule has 0 fully saturated rings. The van der Waals surface area contributed by atoms with Crippen molar-refractivity contribution in [3.8, 4) is 5.75 Å². The van der Waals surface area contributed by atoms with Gasteiger partial charge in [0, 0.05) is 25.7 Å². The molecule has 0 spiro atoms.